The van der Waals surface area contributed by atoms with E-state index in [9.17, 15) is 0 Å². The average Bonchev–Trinajstić information content (AvgIpc) is 2.72. The Morgan fingerprint density at radius 1 is 1.12 bits per heavy atom. The second kappa shape index (κ2) is 7.48. The van der Waals surface area contributed by atoms with Crippen LogP contribution in [0.3, 0.4) is 0 Å². The number of nitrogens with zero attached hydrogens (tertiary/aromatic N) is 3. The summed E-state index contributed by atoms with van der Waals surface area (Å²) in [5, 5.41) is 17.0. The summed E-state index contributed by atoms with van der Waals surface area (Å²) in [4.78, 5) is 3.15. The lowest BCUT2D eigenvalue weighted by Crippen LogP contribution is -2.35. The highest BCUT2D eigenvalue weighted by atomic mass is 15.1. The Morgan fingerprint density at radius 2 is 1.94 bits per heavy atom. The molecule has 0 spiro atoms. The van der Waals surface area contributed by atoms with Crippen LogP contribution in [0.25, 0.3) is 0 Å². The van der Waals surface area contributed by atoms with E-state index in [0.29, 0.717) is 13.0 Å². The van der Waals surface area contributed by atoms with Crippen LogP contribution in [0, 0.1) is 22.7 Å². The lowest BCUT2D eigenvalue weighted by atomic mass is 10.1. The minimum Gasteiger partial charge on any atom is -0.248 e. The molecular formula is C12H17N4+. The summed E-state index contributed by atoms with van der Waals surface area (Å²) in [5.74, 6) is 1.11. The van der Waals surface area contributed by atoms with E-state index in [4.69, 9.17) is 10.5 Å². The molecule has 4 nitrogen and oxygen atoms in total. The van der Waals surface area contributed by atoms with Crippen LogP contribution in [0.2, 0.25) is 0 Å². The molecule has 1 rings (SSSR count). The van der Waals surface area contributed by atoms with E-state index in [1.165, 1.54) is 0 Å². The maximum absolute atomic E-state index is 8.62. The zero-order valence-electron chi connectivity index (χ0n) is 9.45. The normalized spacial score (nSPS) is 9.62. The first kappa shape index (κ1) is 12.3. The highest BCUT2D eigenvalue weighted by Gasteiger charge is 2.08. The van der Waals surface area contributed by atoms with Crippen LogP contribution < -0.4 is 4.57 Å². The standard InChI is InChI=1S/C12H16N4/c13-7-5-3-1-2-4-6-12-15-9-11-16(12)10-8-14/h9,11H,1-6,10H2/p+1. The van der Waals surface area contributed by atoms with Crippen LogP contribution in [0.5, 0.6) is 0 Å². The lowest BCUT2D eigenvalue weighted by Gasteiger charge is -1.97. The van der Waals surface area contributed by atoms with Crippen molar-refractivity contribution >= 4 is 0 Å². The van der Waals surface area contributed by atoms with Crippen molar-refractivity contribution in [3.05, 3.63) is 18.2 Å². The van der Waals surface area contributed by atoms with Crippen molar-refractivity contribution in [3.8, 4) is 12.1 Å². The van der Waals surface area contributed by atoms with E-state index < -0.39 is 0 Å². The Morgan fingerprint density at radius 3 is 2.69 bits per heavy atom. The number of hydrogen-bond acceptors (Lipinski definition) is 2. The van der Waals surface area contributed by atoms with Gasteiger partial charge in [-0.2, -0.15) is 10.5 Å². The molecule has 0 saturated heterocycles. The lowest BCUT2D eigenvalue weighted by molar-refractivity contribution is -0.691. The number of H-pyrrole nitrogens is 1. The quantitative estimate of drug-likeness (QED) is 0.559. The molecule has 0 aromatic carbocycles. The maximum atomic E-state index is 8.62. The fourth-order valence-corrected chi connectivity index (χ4v) is 1.69. The molecule has 16 heavy (non-hydrogen) atoms. The Hall–Kier alpha value is -1.81. The van der Waals surface area contributed by atoms with E-state index in [0.717, 1.165) is 37.9 Å². The molecule has 0 saturated carbocycles. The van der Waals surface area contributed by atoms with Gasteiger partial charge in [0.1, 0.15) is 18.5 Å². The van der Waals surface area contributed by atoms with Crippen molar-refractivity contribution in [1.82, 2.24) is 4.98 Å². The van der Waals surface area contributed by atoms with Gasteiger partial charge in [0.2, 0.25) is 0 Å². The summed E-state index contributed by atoms with van der Waals surface area (Å²) >= 11 is 0. The Balaban J connectivity index is 2.19. The molecule has 0 aliphatic heterocycles. The largest absolute Gasteiger partial charge is 0.255 e. The summed E-state index contributed by atoms with van der Waals surface area (Å²) < 4.78 is 1.94. The summed E-state index contributed by atoms with van der Waals surface area (Å²) in [5.41, 5.74) is 0. The molecule has 1 aromatic heterocycles. The number of nitriles is 2. The van der Waals surface area contributed by atoms with E-state index in [-0.39, 0.29) is 0 Å². The van der Waals surface area contributed by atoms with Gasteiger partial charge < -0.3 is 0 Å². The van der Waals surface area contributed by atoms with Crippen molar-refractivity contribution in [3.63, 3.8) is 0 Å². The summed E-state index contributed by atoms with van der Waals surface area (Å²) in [6.45, 7) is 0.410. The fraction of sp³-hybridized carbons (Fsp3) is 0.583. The SMILES string of the molecule is N#CCCCCCCc1[nH]cc[n+]1CC#N. The first-order valence-electron chi connectivity index (χ1n) is 5.68. The molecule has 0 aliphatic rings. The van der Waals surface area contributed by atoms with Gasteiger partial charge in [-0.25, -0.2) is 9.55 Å². The van der Waals surface area contributed by atoms with Crippen LogP contribution in [-0.4, -0.2) is 4.98 Å². The number of rotatable bonds is 7. The molecule has 0 bridgehead atoms. The molecule has 0 fully saturated rings. The Kier molecular flexibility index (Phi) is 5.73. The maximum Gasteiger partial charge on any atom is 0.255 e. The Labute approximate surface area is 96.1 Å². The van der Waals surface area contributed by atoms with E-state index in [1.54, 1.807) is 0 Å². The van der Waals surface area contributed by atoms with Gasteiger partial charge in [0.25, 0.3) is 5.82 Å². The van der Waals surface area contributed by atoms with Gasteiger partial charge in [-0.1, -0.05) is 12.8 Å². The van der Waals surface area contributed by atoms with Crippen molar-refractivity contribution in [1.29, 1.82) is 10.5 Å². The topological polar surface area (TPSA) is 67.2 Å². The number of aromatic amines is 1. The van der Waals surface area contributed by atoms with E-state index >= 15 is 0 Å². The highest BCUT2D eigenvalue weighted by Crippen LogP contribution is 2.05. The Bertz CT molecular complexity index is 380. The third kappa shape index (κ3) is 4.14. The summed E-state index contributed by atoms with van der Waals surface area (Å²) in [7, 11) is 0. The molecular weight excluding hydrogens is 200 g/mol. The third-order valence-corrected chi connectivity index (χ3v) is 2.54. The molecule has 0 unspecified atom stereocenters. The van der Waals surface area contributed by atoms with Crippen molar-refractivity contribution < 1.29 is 4.57 Å². The first-order valence-corrected chi connectivity index (χ1v) is 5.68. The highest BCUT2D eigenvalue weighted by molar-refractivity contribution is 4.79. The fourth-order valence-electron chi connectivity index (χ4n) is 1.69. The molecule has 1 aromatic rings. The van der Waals surface area contributed by atoms with Gasteiger partial charge in [0, 0.05) is 12.8 Å². The van der Waals surface area contributed by atoms with Crippen LogP contribution >= 0.6 is 0 Å². The van der Waals surface area contributed by atoms with Crippen molar-refractivity contribution in [2.75, 3.05) is 0 Å². The number of imidazole rings is 1. The zero-order valence-corrected chi connectivity index (χ0v) is 9.45. The van der Waals surface area contributed by atoms with Gasteiger partial charge in [-0.05, 0) is 12.8 Å². The predicted molar refractivity (Wildman–Crippen MR) is 59.0 cm³/mol. The van der Waals surface area contributed by atoms with E-state index in [1.807, 2.05) is 17.0 Å². The van der Waals surface area contributed by atoms with Gasteiger partial charge in [-0.15, -0.1) is 0 Å². The number of hydrogen-bond donors (Lipinski definition) is 1. The molecule has 1 N–H and O–H groups in total. The van der Waals surface area contributed by atoms with Crippen LogP contribution in [-0.2, 0) is 13.0 Å². The molecule has 0 amide bonds. The van der Waals surface area contributed by atoms with Crippen LogP contribution in [0.4, 0.5) is 0 Å². The van der Waals surface area contributed by atoms with Gasteiger partial charge in [0.15, 0.2) is 6.54 Å². The number of nitrogens with one attached hydrogen (secondary N) is 1. The van der Waals surface area contributed by atoms with Gasteiger partial charge >= 0.3 is 0 Å². The molecule has 84 valence electrons. The van der Waals surface area contributed by atoms with Crippen LogP contribution in [0.1, 0.15) is 37.9 Å². The summed E-state index contributed by atoms with van der Waals surface area (Å²) in [6, 6.07) is 4.29. The zero-order chi connectivity index (χ0) is 11.6. The molecule has 4 heteroatoms. The minimum atomic E-state index is 0.410. The minimum absolute atomic E-state index is 0.410. The van der Waals surface area contributed by atoms with Gasteiger partial charge in [-0.3, -0.25) is 0 Å². The second-order valence-corrected chi connectivity index (χ2v) is 3.77. The molecule has 0 aliphatic carbocycles. The molecule has 0 radical (unpaired) electrons. The third-order valence-electron chi connectivity index (χ3n) is 2.54. The number of aryl methyl sites for hydroxylation is 1. The molecule has 1 heterocycles. The number of aromatic nitrogens is 2. The van der Waals surface area contributed by atoms with Gasteiger partial charge in [0.05, 0.1) is 6.07 Å². The predicted octanol–water partition coefficient (Wildman–Crippen LogP) is 1.84. The van der Waals surface area contributed by atoms with E-state index in [2.05, 4.69) is 17.1 Å². The van der Waals surface area contributed by atoms with Crippen molar-refractivity contribution in [2.45, 2.75) is 45.1 Å². The smallest absolute Gasteiger partial charge is 0.248 e. The number of unbranched alkanes of at least 4 members (excludes halogenated alkanes) is 4. The molecule has 0 atom stereocenters. The second-order valence-electron chi connectivity index (χ2n) is 3.77. The monoisotopic (exact) mass is 217 g/mol. The summed E-state index contributed by atoms with van der Waals surface area (Å²) in [6.07, 6.45) is 9.77. The average molecular weight is 217 g/mol. The first-order chi connectivity index (χ1) is 7.88. The van der Waals surface area contributed by atoms with Crippen molar-refractivity contribution in [2.24, 2.45) is 0 Å². The van der Waals surface area contributed by atoms with Crippen LogP contribution in [0.15, 0.2) is 12.4 Å².